The Kier molecular flexibility index (Phi) is 2.71. The fraction of sp³-hybridized carbons (Fsp3) is 0.222. The fourth-order valence-corrected chi connectivity index (χ4v) is 1.72. The molecule has 0 radical (unpaired) electrons. The molecule has 0 unspecified atom stereocenters. The predicted molar refractivity (Wildman–Crippen MR) is 50.5 cm³/mol. The zero-order valence-corrected chi connectivity index (χ0v) is 8.77. The Hall–Kier alpha value is -0.900. The summed E-state index contributed by atoms with van der Waals surface area (Å²) in [7, 11) is 0. The largest absolute Gasteiger partial charge is 0.478 e. The Morgan fingerprint density at radius 2 is 2.08 bits per heavy atom. The van der Waals surface area contributed by atoms with Crippen LogP contribution in [0.3, 0.4) is 0 Å². The van der Waals surface area contributed by atoms with Crippen LogP contribution in [-0.4, -0.2) is 11.1 Å². The van der Waals surface area contributed by atoms with E-state index in [4.69, 9.17) is 5.11 Å². The maximum atomic E-state index is 13.4. The highest BCUT2D eigenvalue weighted by atomic mass is 79.9. The Balaban J connectivity index is 3.53. The maximum absolute atomic E-state index is 13.4. The van der Waals surface area contributed by atoms with Crippen molar-refractivity contribution < 1.29 is 14.3 Å². The topological polar surface area (TPSA) is 37.3 Å². The van der Waals surface area contributed by atoms with Crippen molar-refractivity contribution in [3.8, 4) is 0 Å². The van der Waals surface area contributed by atoms with Gasteiger partial charge >= 0.3 is 5.97 Å². The molecule has 0 heterocycles. The highest BCUT2D eigenvalue weighted by molar-refractivity contribution is 9.10. The number of rotatable bonds is 1. The van der Waals surface area contributed by atoms with Crippen molar-refractivity contribution in [2.45, 2.75) is 13.8 Å². The highest BCUT2D eigenvalue weighted by Gasteiger charge is 2.17. The number of benzene rings is 1. The molecule has 0 spiro atoms. The van der Waals surface area contributed by atoms with Crippen molar-refractivity contribution in [3.05, 3.63) is 33.0 Å². The molecule has 0 aromatic heterocycles. The Bertz CT molecular complexity index is 374. The van der Waals surface area contributed by atoms with E-state index in [2.05, 4.69) is 15.9 Å². The third-order valence-corrected chi connectivity index (χ3v) is 2.56. The van der Waals surface area contributed by atoms with Gasteiger partial charge in [-0.25, -0.2) is 9.18 Å². The number of hydrogen-bond acceptors (Lipinski definition) is 1. The summed E-state index contributed by atoms with van der Waals surface area (Å²) >= 11 is 3.01. The van der Waals surface area contributed by atoms with Gasteiger partial charge < -0.3 is 5.11 Å². The zero-order chi connectivity index (χ0) is 10.2. The summed E-state index contributed by atoms with van der Waals surface area (Å²) in [6.07, 6.45) is 0. The summed E-state index contributed by atoms with van der Waals surface area (Å²) in [4.78, 5) is 10.6. The maximum Gasteiger partial charge on any atom is 0.339 e. The standard InChI is InChI=1S/C9H8BrFO2/c1-4-3-6(10)7(9(12)13)8(11)5(4)2/h3H,1-2H3,(H,12,13). The van der Waals surface area contributed by atoms with Gasteiger partial charge in [0.05, 0.1) is 0 Å². The van der Waals surface area contributed by atoms with Gasteiger partial charge in [-0.2, -0.15) is 0 Å². The third-order valence-electron chi connectivity index (χ3n) is 1.94. The molecule has 4 heteroatoms. The van der Waals surface area contributed by atoms with E-state index in [1.54, 1.807) is 19.9 Å². The van der Waals surface area contributed by atoms with Gasteiger partial charge in [0.1, 0.15) is 11.4 Å². The molecular formula is C9H8BrFO2. The van der Waals surface area contributed by atoms with E-state index in [0.717, 1.165) is 5.56 Å². The van der Waals surface area contributed by atoms with Gasteiger partial charge in [0.2, 0.25) is 0 Å². The van der Waals surface area contributed by atoms with E-state index in [1.165, 1.54) is 0 Å². The van der Waals surface area contributed by atoms with Crippen molar-refractivity contribution >= 4 is 21.9 Å². The first-order valence-corrected chi connectivity index (χ1v) is 4.43. The van der Waals surface area contributed by atoms with Crippen LogP contribution in [0.4, 0.5) is 4.39 Å². The fourth-order valence-electron chi connectivity index (χ4n) is 1.03. The molecule has 1 rings (SSSR count). The first-order valence-electron chi connectivity index (χ1n) is 3.63. The number of carboxylic acids is 1. The van der Waals surface area contributed by atoms with E-state index in [0.29, 0.717) is 5.56 Å². The molecular weight excluding hydrogens is 239 g/mol. The second-order valence-corrected chi connectivity index (χ2v) is 3.65. The van der Waals surface area contributed by atoms with E-state index in [9.17, 15) is 9.18 Å². The molecule has 0 saturated carbocycles. The van der Waals surface area contributed by atoms with Gasteiger partial charge in [-0.05, 0) is 47.0 Å². The van der Waals surface area contributed by atoms with Crippen LogP contribution in [0, 0.1) is 19.7 Å². The van der Waals surface area contributed by atoms with Crippen LogP contribution >= 0.6 is 15.9 Å². The first kappa shape index (κ1) is 10.2. The average molecular weight is 247 g/mol. The van der Waals surface area contributed by atoms with Crippen molar-refractivity contribution in [1.82, 2.24) is 0 Å². The monoisotopic (exact) mass is 246 g/mol. The van der Waals surface area contributed by atoms with Crippen molar-refractivity contribution in [2.24, 2.45) is 0 Å². The second kappa shape index (κ2) is 3.46. The van der Waals surface area contributed by atoms with Crippen LogP contribution in [0.5, 0.6) is 0 Å². The minimum atomic E-state index is -1.26. The molecule has 0 aliphatic carbocycles. The average Bonchev–Trinajstić information content (AvgIpc) is 1.99. The number of halogens is 2. The molecule has 1 aromatic carbocycles. The predicted octanol–water partition coefficient (Wildman–Crippen LogP) is 2.90. The number of carboxylic acid groups (broad SMARTS) is 1. The Morgan fingerprint density at radius 3 is 2.54 bits per heavy atom. The van der Waals surface area contributed by atoms with Crippen LogP contribution in [0.1, 0.15) is 21.5 Å². The van der Waals surface area contributed by atoms with Gasteiger partial charge in [-0.3, -0.25) is 0 Å². The minimum absolute atomic E-state index is 0.278. The lowest BCUT2D eigenvalue weighted by molar-refractivity contribution is 0.0690. The smallest absolute Gasteiger partial charge is 0.339 e. The molecule has 2 nitrogen and oxygen atoms in total. The van der Waals surface area contributed by atoms with Crippen LogP contribution in [-0.2, 0) is 0 Å². The molecule has 0 atom stereocenters. The molecule has 1 N–H and O–H groups in total. The second-order valence-electron chi connectivity index (χ2n) is 2.79. The SMILES string of the molecule is Cc1cc(Br)c(C(=O)O)c(F)c1C. The lowest BCUT2D eigenvalue weighted by atomic mass is 10.1. The Labute approximate surface area is 83.5 Å². The third kappa shape index (κ3) is 1.72. The molecule has 13 heavy (non-hydrogen) atoms. The van der Waals surface area contributed by atoms with E-state index in [-0.39, 0.29) is 10.0 Å². The van der Waals surface area contributed by atoms with E-state index < -0.39 is 11.8 Å². The van der Waals surface area contributed by atoms with Crippen LogP contribution in [0.15, 0.2) is 10.5 Å². The lowest BCUT2D eigenvalue weighted by Gasteiger charge is -2.06. The van der Waals surface area contributed by atoms with E-state index >= 15 is 0 Å². The first-order chi connectivity index (χ1) is 5.95. The van der Waals surface area contributed by atoms with Crippen LogP contribution in [0.2, 0.25) is 0 Å². The van der Waals surface area contributed by atoms with Gasteiger partial charge in [0.25, 0.3) is 0 Å². The van der Waals surface area contributed by atoms with Gasteiger partial charge in [-0.1, -0.05) is 0 Å². The number of hydrogen-bond donors (Lipinski definition) is 1. The molecule has 0 fully saturated rings. The van der Waals surface area contributed by atoms with Crippen molar-refractivity contribution in [2.75, 3.05) is 0 Å². The van der Waals surface area contributed by atoms with Crippen LogP contribution in [0.25, 0.3) is 0 Å². The zero-order valence-electron chi connectivity index (χ0n) is 7.19. The molecule has 0 amide bonds. The summed E-state index contributed by atoms with van der Waals surface area (Å²) < 4.78 is 13.6. The molecule has 0 aliphatic heterocycles. The molecule has 0 saturated heterocycles. The summed E-state index contributed by atoms with van der Waals surface area (Å²) in [5.74, 6) is -1.92. The summed E-state index contributed by atoms with van der Waals surface area (Å²) in [6, 6.07) is 1.60. The van der Waals surface area contributed by atoms with E-state index in [1.807, 2.05) is 0 Å². The summed E-state index contributed by atoms with van der Waals surface area (Å²) in [6.45, 7) is 3.29. The molecule has 0 aliphatic rings. The van der Waals surface area contributed by atoms with Gasteiger partial charge in [-0.15, -0.1) is 0 Å². The number of aromatic carboxylic acids is 1. The Morgan fingerprint density at radius 1 is 1.54 bits per heavy atom. The molecule has 70 valence electrons. The molecule has 0 bridgehead atoms. The number of aryl methyl sites for hydroxylation is 1. The van der Waals surface area contributed by atoms with Gasteiger partial charge in [0, 0.05) is 4.47 Å². The summed E-state index contributed by atoms with van der Waals surface area (Å²) in [5, 5.41) is 8.69. The lowest BCUT2D eigenvalue weighted by Crippen LogP contribution is -2.04. The quantitative estimate of drug-likeness (QED) is 0.828. The minimum Gasteiger partial charge on any atom is -0.478 e. The van der Waals surface area contributed by atoms with Crippen LogP contribution < -0.4 is 0 Å². The normalized spacial score (nSPS) is 10.2. The van der Waals surface area contributed by atoms with Gasteiger partial charge in [0.15, 0.2) is 0 Å². The molecule has 1 aromatic rings. The van der Waals surface area contributed by atoms with Crippen molar-refractivity contribution in [3.63, 3.8) is 0 Å². The number of carbonyl (C=O) groups is 1. The van der Waals surface area contributed by atoms with Crippen molar-refractivity contribution in [1.29, 1.82) is 0 Å². The highest BCUT2D eigenvalue weighted by Crippen LogP contribution is 2.25. The summed E-state index contributed by atoms with van der Waals surface area (Å²) in [5.41, 5.74) is 0.804.